The number of nitrogens with one attached hydrogen (secondary N) is 2. The zero-order valence-electron chi connectivity index (χ0n) is 17.4. The minimum atomic E-state index is -0.925. The van der Waals surface area contributed by atoms with Crippen molar-refractivity contribution in [2.75, 3.05) is 13.1 Å². The average molecular weight is 430 g/mol. The smallest absolute Gasteiger partial charge is 0.328 e. The van der Waals surface area contributed by atoms with Crippen molar-refractivity contribution in [3.05, 3.63) is 65.7 Å². The number of carbonyl (C=O) groups is 2. The first-order valence-corrected chi connectivity index (χ1v) is 9.91. The summed E-state index contributed by atoms with van der Waals surface area (Å²) in [7, 11) is 0. The number of carboxylic acid groups (broad SMARTS) is 1. The summed E-state index contributed by atoms with van der Waals surface area (Å²) >= 11 is 0. The third-order valence-electron chi connectivity index (χ3n) is 4.08. The van der Waals surface area contributed by atoms with Gasteiger partial charge in [0.25, 0.3) is 0 Å². The number of aliphatic carboxylic acids is 1. The molecule has 0 radical (unpaired) electrons. The fourth-order valence-corrected chi connectivity index (χ4v) is 2.52. The van der Waals surface area contributed by atoms with E-state index in [0.29, 0.717) is 30.7 Å². The second-order valence-corrected chi connectivity index (χ2v) is 6.75. The zero-order valence-corrected chi connectivity index (χ0v) is 17.4. The molecule has 0 unspecified atom stereocenters. The van der Waals surface area contributed by atoms with E-state index in [-0.39, 0.29) is 12.4 Å². The molecular formula is C22H31N5O4. The van der Waals surface area contributed by atoms with E-state index in [4.69, 9.17) is 32.5 Å². The van der Waals surface area contributed by atoms with Gasteiger partial charge < -0.3 is 32.4 Å². The first-order valence-electron chi connectivity index (χ1n) is 9.91. The first kappa shape index (κ1) is 25.6. The van der Waals surface area contributed by atoms with Gasteiger partial charge in [0.1, 0.15) is 11.8 Å². The molecular weight excluding hydrogens is 398 g/mol. The molecule has 0 bridgehead atoms. The van der Waals surface area contributed by atoms with Crippen molar-refractivity contribution in [1.29, 1.82) is 5.41 Å². The largest absolute Gasteiger partial charge is 0.481 e. The van der Waals surface area contributed by atoms with Crippen molar-refractivity contribution in [2.45, 2.75) is 31.7 Å². The maximum atomic E-state index is 11.8. The summed E-state index contributed by atoms with van der Waals surface area (Å²) in [4.78, 5) is 22.3. The van der Waals surface area contributed by atoms with Crippen molar-refractivity contribution in [3.63, 3.8) is 0 Å². The van der Waals surface area contributed by atoms with Crippen molar-refractivity contribution in [2.24, 2.45) is 17.2 Å². The van der Waals surface area contributed by atoms with Gasteiger partial charge >= 0.3 is 11.9 Å². The van der Waals surface area contributed by atoms with Crippen LogP contribution in [-0.2, 0) is 22.4 Å². The van der Waals surface area contributed by atoms with E-state index >= 15 is 0 Å². The third kappa shape index (κ3) is 12.0. The fraction of sp³-hybridized carbons (Fsp3) is 0.318. The van der Waals surface area contributed by atoms with Gasteiger partial charge in [-0.1, -0.05) is 42.5 Å². The SMILES string of the molecule is N=C(N)NCCC[C@@H](N)C(=O)Oc1ccc(CC(=O)O)cc1.NCCc1ccccc1. The Morgan fingerprint density at radius 1 is 1.06 bits per heavy atom. The summed E-state index contributed by atoms with van der Waals surface area (Å²) in [6.45, 7) is 1.20. The Kier molecular flexibility index (Phi) is 12.0. The molecule has 31 heavy (non-hydrogen) atoms. The zero-order chi connectivity index (χ0) is 23.1. The molecule has 1 atom stereocenters. The number of rotatable bonds is 10. The molecule has 0 saturated heterocycles. The quantitative estimate of drug-likeness (QED) is 0.106. The summed E-state index contributed by atoms with van der Waals surface area (Å²) in [6, 6.07) is 15.7. The lowest BCUT2D eigenvalue weighted by molar-refractivity contribution is -0.137. The lowest BCUT2D eigenvalue weighted by Gasteiger charge is -2.11. The maximum absolute atomic E-state index is 11.8. The maximum Gasteiger partial charge on any atom is 0.328 e. The Hall–Kier alpha value is -3.43. The van der Waals surface area contributed by atoms with Crippen LogP contribution in [0.15, 0.2) is 54.6 Å². The molecule has 9 nitrogen and oxygen atoms in total. The second kappa shape index (κ2) is 14.5. The minimum Gasteiger partial charge on any atom is -0.481 e. The van der Waals surface area contributed by atoms with E-state index in [2.05, 4.69) is 17.4 Å². The molecule has 0 aromatic heterocycles. The van der Waals surface area contributed by atoms with E-state index in [9.17, 15) is 9.59 Å². The molecule has 2 rings (SSSR count). The average Bonchev–Trinajstić information content (AvgIpc) is 2.73. The number of hydrogen-bond acceptors (Lipinski definition) is 6. The van der Waals surface area contributed by atoms with Gasteiger partial charge in [-0.25, -0.2) is 4.79 Å². The van der Waals surface area contributed by atoms with E-state index in [1.54, 1.807) is 12.1 Å². The molecule has 0 aliphatic heterocycles. The molecule has 2 aromatic carbocycles. The monoisotopic (exact) mass is 429 g/mol. The molecule has 0 aliphatic carbocycles. The number of hydrogen-bond donors (Lipinski definition) is 6. The summed E-state index contributed by atoms with van der Waals surface area (Å²) in [5, 5.41) is 18.3. The topological polar surface area (TPSA) is 178 Å². The number of carbonyl (C=O) groups excluding carboxylic acids is 1. The fourth-order valence-electron chi connectivity index (χ4n) is 2.52. The van der Waals surface area contributed by atoms with Crippen LogP contribution in [0.1, 0.15) is 24.0 Å². The van der Waals surface area contributed by atoms with Gasteiger partial charge in [0.05, 0.1) is 6.42 Å². The molecule has 0 spiro atoms. The van der Waals surface area contributed by atoms with E-state index in [1.165, 1.54) is 17.7 Å². The van der Waals surface area contributed by atoms with Gasteiger partial charge in [-0.05, 0) is 49.1 Å². The molecule has 9 N–H and O–H groups in total. The summed E-state index contributed by atoms with van der Waals surface area (Å²) < 4.78 is 5.12. The normalized spacial score (nSPS) is 10.9. The predicted octanol–water partition coefficient (Wildman–Crippen LogP) is 0.997. The van der Waals surface area contributed by atoms with Gasteiger partial charge in [0.15, 0.2) is 5.96 Å². The van der Waals surface area contributed by atoms with Crippen molar-refractivity contribution in [1.82, 2.24) is 5.32 Å². The van der Waals surface area contributed by atoms with Crippen LogP contribution in [-0.4, -0.2) is 42.1 Å². The molecule has 0 saturated carbocycles. The van der Waals surface area contributed by atoms with Crippen LogP contribution in [0.5, 0.6) is 5.75 Å². The molecule has 2 aromatic rings. The third-order valence-corrected chi connectivity index (χ3v) is 4.08. The van der Waals surface area contributed by atoms with Crippen LogP contribution in [0.2, 0.25) is 0 Å². The van der Waals surface area contributed by atoms with Gasteiger partial charge in [-0.3, -0.25) is 10.2 Å². The van der Waals surface area contributed by atoms with Gasteiger partial charge in [-0.2, -0.15) is 0 Å². The number of nitrogens with two attached hydrogens (primary N) is 3. The Bertz CT molecular complexity index is 812. The Balaban J connectivity index is 0.000000442. The Labute approximate surface area is 182 Å². The highest BCUT2D eigenvalue weighted by molar-refractivity contribution is 5.78. The lowest BCUT2D eigenvalue weighted by atomic mass is 10.1. The van der Waals surface area contributed by atoms with Crippen LogP contribution in [0.4, 0.5) is 0 Å². The number of esters is 1. The number of benzene rings is 2. The Morgan fingerprint density at radius 3 is 2.26 bits per heavy atom. The summed E-state index contributed by atoms with van der Waals surface area (Å²) in [5.41, 5.74) is 18.1. The van der Waals surface area contributed by atoms with Crippen molar-refractivity contribution >= 4 is 17.9 Å². The number of carboxylic acids is 1. The highest BCUT2D eigenvalue weighted by atomic mass is 16.5. The molecule has 0 heterocycles. The van der Waals surface area contributed by atoms with Crippen LogP contribution < -0.4 is 27.3 Å². The van der Waals surface area contributed by atoms with Gasteiger partial charge in [-0.15, -0.1) is 0 Å². The molecule has 168 valence electrons. The number of ether oxygens (including phenoxy) is 1. The highest BCUT2D eigenvalue weighted by Crippen LogP contribution is 2.13. The van der Waals surface area contributed by atoms with Crippen molar-refractivity contribution in [3.8, 4) is 5.75 Å². The van der Waals surface area contributed by atoms with Gasteiger partial charge in [0, 0.05) is 6.54 Å². The highest BCUT2D eigenvalue weighted by Gasteiger charge is 2.15. The molecule has 0 fully saturated rings. The molecule has 9 heteroatoms. The Morgan fingerprint density at radius 2 is 1.71 bits per heavy atom. The standard InChI is InChI=1S/C14H20N4O4.C8H11N/c15-11(2-1-7-18-14(16)17)13(21)22-10-5-3-9(4-6-10)8-12(19)20;9-7-6-8-4-2-1-3-5-8/h3-6,11H,1-2,7-8,15H2,(H,19,20)(H4,16,17,18);1-5H,6-7,9H2/t11-;/m1./s1. The van der Waals surface area contributed by atoms with E-state index in [1.807, 2.05) is 18.2 Å². The molecule has 0 amide bonds. The van der Waals surface area contributed by atoms with Crippen molar-refractivity contribution < 1.29 is 19.4 Å². The van der Waals surface area contributed by atoms with Gasteiger partial charge in [0.2, 0.25) is 0 Å². The minimum absolute atomic E-state index is 0.0864. The van der Waals surface area contributed by atoms with E-state index in [0.717, 1.165) is 13.0 Å². The van der Waals surface area contributed by atoms with Crippen LogP contribution in [0, 0.1) is 5.41 Å². The predicted molar refractivity (Wildman–Crippen MR) is 120 cm³/mol. The number of guanidine groups is 1. The van der Waals surface area contributed by atoms with Crippen LogP contribution >= 0.6 is 0 Å². The first-order chi connectivity index (χ1) is 14.8. The second-order valence-electron chi connectivity index (χ2n) is 6.75. The summed E-state index contributed by atoms with van der Waals surface area (Å²) in [6.07, 6.45) is 1.88. The molecule has 0 aliphatic rings. The lowest BCUT2D eigenvalue weighted by Crippen LogP contribution is -2.36. The van der Waals surface area contributed by atoms with Crippen LogP contribution in [0.25, 0.3) is 0 Å². The van der Waals surface area contributed by atoms with E-state index < -0.39 is 18.0 Å². The van der Waals surface area contributed by atoms with Crippen LogP contribution in [0.3, 0.4) is 0 Å². The summed E-state index contributed by atoms with van der Waals surface area (Å²) in [5.74, 6) is -1.30.